The van der Waals surface area contributed by atoms with Crippen LogP contribution < -0.4 is 4.74 Å². The maximum absolute atomic E-state index is 12.1. The molecular weight excluding hydrogens is 446 g/mol. The largest absolute Gasteiger partial charge is 0.497 e. The van der Waals surface area contributed by atoms with Crippen LogP contribution in [0.25, 0.3) is 0 Å². The third-order valence-electron chi connectivity index (χ3n) is 5.88. The Labute approximate surface area is 210 Å². The van der Waals surface area contributed by atoms with Gasteiger partial charge < -0.3 is 14.2 Å². The molecule has 1 rings (SSSR count). The van der Waals surface area contributed by atoms with E-state index >= 15 is 0 Å². The van der Waals surface area contributed by atoms with Gasteiger partial charge in [0, 0.05) is 13.3 Å². The second-order valence-corrected chi connectivity index (χ2v) is 11.8. The van der Waals surface area contributed by atoms with Crippen molar-refractivity contribution in [3.63, 3.8) is 0 Å². The van der Waals surface area contributed by atoms with Crippen LogP contribution in [0.15, 0.2) is 52.0 Å². The number of rotatable bonds is 14. The quantitative estimate of drug-likeness (QED) is 0.211. The highest BCUT2D eigenvalue weighted by molar-refractivity contribution is 7.85. The number of ether oxygens (including phenoxy) is 3. The molecule has 1 aromatic carbocycles. The number of allylic oxidation sites excluding steroid dienone is 2. The lowest BCUT2D eigenvalue weighted by Crippen LogP contribution is -2.19. The molecule has 0 N–H and O–H groups in total. The second kappa shape index (κ2) is 15.3. The van der Waals surface area contributed by atoms with E-state index < -0.39 is 11.0 Å². The van der Waals surface area contributed by atoms with E-state index in [0.717, 1.165) is 36.1 Å². The lowest BCUT2D eigenvalue weighted by molar-refractivity contribution is 0.0163. The van der Waals surface area contributed by atoms with Gasteiger partial charge in [-0.05, 0) is 95.6 Å². The molecule has 192 valence electrons. The predicted octanol–water partition coefficient (Wildman–Crippen LogP) is 6.85. The summed E-state index contributed by atoms with van der Waals surface area (Å²) in [6, 6.07) is 8.00. The Morgan fingerprint density at radius 1 is 1.09 bits per heavy atom. The Kier molecular flexibility index (Phi) is 13.6. The van der Waals surface area contributed by atoms with Gasteiger partial charge in [-0.3, -0.25) is 0 Å². The molecule has 34 heavy (non-hydrogen) atoms. The number of hydrogen-bond donors (Lipinski definition) is 0. The lowest BCUT2D eigenvalue weighted by atomic mass is 9.98. The molecule has 0 bridgehead atoms. The number of benzene rings is 1. The summed E-state index contributed by atoms with van der Waals surface area (Å²) in [6.07, 6.45) is 9.06. The van der Waals surface area contributed by atoms with Crippen LogP contribution in [-0.4, -0.2) is 41.6 Å². The van der Waals surface area contributed by atoms with Crippen LogP contribution in [0.1, 0.15) is 73.3 Å². The minimum atomic E-state index is -1.24. The molecule has 0 amide bonds. The van der Waals surface area contributed by atoms with Gasteiger partial charge in [0.2, 0.25) is 0 Å². The topological polar surface area (TPSA) is 57.1 Å². The van der Waals surface area contributed by atoms with Gasteiger partial charge in [0.25, 0.3) is 0 Å². The minimum absolute atomic E-state index is 0.0236. The van der Waals surface area contributed by atoms with Crippen molar-refractivity contribution in [3.8, 4) is 5.75 Å². The fourth-order valence-corrected chi connectivity index (χ4v) is 3.73. The standard InChI is InChI=1S/C28H45NO4S/c1-21(19-29-34(30)28(5,6)7)13-18-27(32-9)23(3)12-10-11-22(2)24(4)33-20-25-14-16-26(31-8)17-15-25/h12-17,19,22,24,27H,10-11,18,20H2,1-9H3/b21-13+,23-12+,29-19+/t22-,24+,27-,34?/m0/s1. The molecule has 0 saturated carbocycles. The molecule has 0 heterocycles. The van der Waals surface area contributed by atoms with Crippen molar-refractivity contribution in [2.45, 2.75) is 91.3 Å². The number of methoxy groups -OCH3 is 2. The van der Waals surface area contributed by atoms with Gasteiger partial charge in [-0.1, -0.05) is 31.2 Å². The predicted molar refractivity (Wildman–Crippen MR) is 145 cm³/mol. The van der Waals surface area contributed by atoms with Gasteiger partial charge in [-0.2, -0.15) is 4.40 Å². The van der Waals surface area contributed by atoms with Crippen LogP contribution >= 0.6 is 0 Å². The van der Waals surface area contributed by atoms with E-state index in [-0.39, 0.29) is 17.0 Å². The van der Waals surface area contributed by atoms with Gasteiger partial charge in [0.15, 0.2) is 0 Å². The summed E-state index contributed by atoms with van der Waals surface area (Å²) in [4.78, 5) is 0. The van der Waals surface area contributed by atoms with E-state index in [9.17, 15) is 4.21 Å². The average Bonchev–Trinajstić information content (AvgIpc) is 2.80. The summed E-state index contributed by atoms with van der Waals surface area (Å²) >= 11 is 0. The maximum atomic E-state index is 12.1. The van der Waals surface area contributed by atoms with E-state index in [1.807, 2.05) is 52.0 Å². The first-order valence-corrected chi connectivity index (χ1v) is 13.1. The average molecular weight is 492 g/mol. The van der Waals surface area contributed by atoms with Crippen molar-refractivity contribution < 1.29 is 18.4 Å². The highest BCUT2D eigenvalue weighted by atomic mass is 32.2. The SMILES string of the molecule is COc1ccc(CO[C@H](C)[C@@H](C)CC/C=C(\C)[C@H](C/C=C(C)/C=N/S(=O)C(C)(C)C)OC)cc1. The molecule has 5 nitrogen and oxygen atoms in total. The van der Waals surface area contributed by atoms with Crippen molar-refractivity contribution in [2.24, 2.45) is 10.3 Å². The minimum Gasteiger partial charge on any atom is -0.497 e. The summed E-state index contributed by atoms with van der Waals surface area (Å²) in [7, 11) is 2.18. The smallest absolute Gasteiger partial charge is 0.144 e. The molecule has 0 aliphatic carbocycles. The van der Waals surface area contributed by atoms with Crippen LogP contribution in [-0.2, 0) is 27.1 Å². The van der Waals surface area contributed by atoms with Crippen molar-refractivity contribution in [1.29, 1.82) is 0 Å². The third-order valence-corrected chi connectivity index (χ3v) is 7.23. The van der Waals surface area contributed by atoms with Crippen molar-refractivity contribution >= 4 is 17.2 Å². The highest BCUT2D eigenvalue weighted by Crippen LogP contribution is 2.20. The van der Waals surface area contributed by atoms with E-state index in [0.29, 0.717) is 12.5 Å². The first-order valence-electron chi connectivity index (χ1n) is 12.0. The molecule has 0 fully saturated rings. The Morgan fingerprint density at radius 3 is 2.29 bits per heavy atom. The monoisotopic (exact) mass is 491 g/mol. The number of nitrogens with zero attached hydrogens (tertiary/aromatic N) is 1. The summed E-state index contributed by atoms with van der Waals surface area (Å²) in [5.74, 6) is 1.31. The van der Waals surface area contributed by atoms with Gasteiger partial charge in [-0.25, -0.2) is 4.21 Å². The zero-order valence-corrected chi connectivity index (χ0v) is 23.4. The Morgan fingerprint density at radius 2 is 1.74 bits per heavy atom. The fraction of sp³-hybridized carbons (Fsp3) is 0.607. The molecule has 4 atom stereocenters. The first kappa shape index (κ1) is 30.3. The summed E-state index contributed by atoms with van der Waals surface area (Å²) in [5, 5.41) is 0. The molecule has 0 aliphatic rings. The van der Waals surface area contributed by atoms with Crippen LogP contribution in [0.4, 0.5) is 0 Å². The Hall–Kier alpha value is -1.76. The number of hydrogen-bond acceptors (Lipinski definition) is 4. The first-order chi connectivity index (χ1) is 16.0. The summed E-state index contributed by atoms with van der Waals surface area (Å²) in [5.41, 5.74) is 3.36. The molecule has 0 aromatic heterocycles. The van der Waals surface area contributed by atoms with Crippen molar-refractivity contribution in [3.05, 3.63) is 53.1 Å². The van der Waals surface area contributed by atoms with Gasteiger partial charge in [-0.15, -0.1) is 0 Å². The molecule has 1 unspecified atom stereocenters. The van der Waals surface area contributed by atoms with Crippen molar-refractivity contribution in [1.82, 2.24) is 0 Å². The van der Waals surface area contributed by atoms with Gasteiger partial charge in [0.05, 0.1) is 30.7 Å². The molecule has 1 aromatic rings. The van der Waals surface area contributed by atoms with Crippen LogP contribution in [0.3, 0.4) is 0 Å². The highest BCUT2D eigenvalue weighted by Gasteiger charge is 2.18. The molecule has 0 saturated heterocycles. The zero-order chi connectivity index (χ0) is 25.7. The maximum Gasteiger partial charge on any atom is 0.144 e. The van der Waals surface area contributed by atoms with Gasteiger partial charge in [0.1, 0.15) is 16.7 Å². The molecule has 6 heteroatoms. The fourth-order valence-electron chi connectivity index (χ4n) is 3.16. The third kappa shape index (κ3) is 11.6. The van der Waals surface area contributed by atoms with Crippen molar-refractivity contribution in [2.75, 3.05) is 14.2 Å². The van der Waals surface area contributed by atoms with E-state index in [2.05, 4.69) is 37.3 Å². The summed E-state index contributed by atoms with van der Waals surface area (Å²) in [6.45, 7) is 14.8. The van der Waals surface area contributed by atoms with Crippen LogP contribution in [0, 0.1) is 5.92 Å². The Bertz CT molecular complexity index is 837. The molecule has 0 radical (unpaired) electrons. The molecule has 0 spiro atoms. The zero-order valence-electron chi connectivity index (χ0n) is 22.6. The van der Waals surface area contributed by atoms with Gasteiger partial charge >= 0.3 is 0 Å². The van der Waals surface area contributed by atoms with Crippen LogP contribution in [0.5, 0.6) is 5.75 Å². The van der Waals surface area contributed by atoms with E-state index in [1.54, 1.807) is 20.4 Å². The van der Waals surface area contributed by atoms with Crippen LogP contribution in [0.2, 0.25) is 0 Å². The lowest BCUT2D eigenvalue weighted by Gasteiger charge is -2.21. The second-order valence-electron chi connectivity index (χ2n) is 9.87. The Balaban J connectivity index is 2.50. The van der Waals surface area contributed by atoms with E-state index in [4.69, 9.17) is 14.2 Å². The molecular formula is C28H45NO4S. The van der Waals surface area contributed by atoms with E-state index in [1.165, 1.54) is 5.57 Å². The normalized spacial score (nSPS) is 17.0. The summed E-state index contributed by atoms with van der Waals surface area (Å²) < 4.78 is 32.9. The molecule has 0 aliphatic heterocycles.